The highest BCUT2D eigenvalue weighted by atomic mass is 32.2. The van der Waals surface area contributed by atoms with Crippen molar-refractivity contribution in [2.45, 2.75) is 4.90 Å². The van der Waals surface area contributed by atoms with Crippen molar-refractivity contribution in [2.75, 3.05) is 6.26 Å². The molecule has 0 radical (unpaired) electrons. The van der Waals surface area contributed by atoms with E-state index in [2.05, 4.69) is 0 Å². The molecule has 96 valence electrons. The van der Waals surface area contributed by atoms with Crippen molar-refractivity contribution in [1.82, 2.24) is 0 Å². The quantitative estimate of drug-likeness (QED) is 0.362. The molecule has 0 bridgehead atoms. The van der Waals surface area contributed by atoms with Gasteiger partial charge in [0.2, 0.25) is 0 Å². The Morgan fingerprint density at radius 1 is 1.11 bits per heavy atom. The Bertz CT molecular complexity index is 591. The maximum Gasteiger partial charge on any atom is 0.277 e. The second-order valence-corrected chi connectivity index (χ2v) is 4.81. The summed E-state index contributed by atoms with van der Waals surface area (Å²) < 4.78 is 0. The number of thioether (sulfide) groups is 1. The Morgan fingerprint density at radius 2 is 1.74 bits per heavy atom. The summed E-state index contributed by atoms with van der Waals surface area (Å²) in [5.41, 5.74) is 1.55. The summed E-state index contributed by atoms with van der Waals surface area (Å²) >= 11 is 1.64. The molecule has 2 rings (SSSR count). The SMILES string of the molecule is CSc1ccc(C=C(c2ccccc2)[N+](=O)[O-])cc1. The van der Waals surface area contributed by atoms with Crippen LogP contribution in [0.3, 0.4) is 0 Å². The van der Waals surface area contributed by atoms with E-state index in [1.165, 1.54) is 0 Å². The summed E-state index contributed by atoms with van der Waals surface area (Å²) in [6.45, 7) is 0. The summed E-state index contributed by atoms with van der Waals surface area (Å²) in [6.07, 6.45) is 3.59. The highest BCUT2D eigenvalue weighted by Gasteiger charge is 2.13. The lowest BCUT2D eigenvalue weighted by Gasteiger charge is -2.00. The molecule has 0 saturated carbocycles. The third-order valence-electron chi connectivity index (χ3n) is 2.69. The van der Waals surface area contributed by atoms with Gasteiger partial charge in [-0.2, -0.15) is 0 Å². The molecule has 0 aliphatic heterocycles. The molecule has 19 heavy (non-hydrogen) atoms. The lowest BCUT2D eigenvalue weighted by Crippen LogP contribution is -1.97. The Kier molecular flexibility index (Phi) is 4.36. The first-order valence-electron chi connectivity index (χ1n) is 5.76. The molecule has 0 atom stereocenters. The normalized spacial score (nSPS) is 11.3. The second kappa shape index (κ2) is 6.20. The van der Waals surface area contributed by atoms with Crippen LogP contribution in [-0.4, -0.2) is 11.2 Å². The molecule has 0 amide bonds. The Morgan fingerprint density at radius 3 is 2.26 bits per heavy atom. The molecule has 0 heterocycles. The van der Waals surface area contributed by atoms with E-state index in [4.69, 9.17) is 0 Å². The first-order valence-corrected chi connectivity index (χ1v) is 6.99. The van der Waals surface area contributed by atoms with Gasteiger partial charge in [0.1, 0.15) is 0 Å². The van der Waals surface area contributed by atoms with Crippen molar-refractivity contribution in [3.63, 3.8) is 0 Å². The molecule has 3 nitrogen and oxygen atoms in total. The van der Waals surface area contributed by atoms with Crippen molar-refractivity contribution >= 4 is 23.5 Å². The van der Waals surface area contributed by atoms with E-state index in [1.54, 1.807) is 42.1 Å². The summed E-state index contributed by atoms with van der Waals surface area (Å²) in [5.74, 6) is 0. The van der Waals surface area contributed by atoms with E-state index < -0.39 is 0 Å². The number of hydrogen-bond donors (Lipinski definition) is 0. The van der Waals surface area contributed by atoms with Crippen molar-refractivity contribution in [1.29, 1.82) is 0 Å². The van der Waals surface area contributed by atoms with Crippen molar-refractivity contribution in [3.05, 3.63) is 75.8 Å². The molecular weight excluding hydrogens is 258 g/mol. The zero-order valence-electron chi connectivity index (χ0n) is 10.4. The summed E-state index contributed by atoms with van der Waals surface area (Å²) in [7, 11) is 0. The zero-order valence-corrected chi connectivity index (χ0v) is 11.3. The Balaban J connectivity index is 2.38. The minimum absolute atomic E-state index is 0.109. The van der Waals surface area contributed by atoms with Gasteiger partial charge in [-0.3, -0.25) is 10.1 Å². The van der Waals surface area contributed by atoms with E-state index in [0.717, 1.165) is 10.5 Å². The third kappa shape index (κ3) is 3.45. The molecule has 0 aliphatic carbocycles. The largest absolute Gasteiger partial charge is 0.277 e. The summed E-state index contributed by atoms with van der Waals surface area (Å²) in [5, 5.41) is 11.2. The predicted molar refractivity (Wildman–Crippen MR) is 79.5 cm³/mol. The van der Waals surface area contributed by atoms with Gasteiger partial charge in [0, 0.05) is 11.0 Å². The minimum atomic E-state index is -0.349. The number of nitrogens with zero attached hydrogens (tertiary/aromatic N) is 1. The van der Waals surface area contributed by atoms with E-state index in [-0.39, 0.29) is 10.6 Å². The monoisotopic (exact) mass is 271 g/mol. The fraction of sp³-hybridized carbons (Fsp3) is 0.0667. The van der Waals surface area contributed by atoms with Gasteiger partial charge in [0.15, 0.2) is 0 Å². The average molecular weight is 271 g/mol. The lowest BCUT2D eigenvalue weighted by atomic mass is 10.1. The van der Waals surface area contributed by atoms with Gasteiger partial charge in [-0.15, -0.1) is 11.8 Å². The van der Waals surface area contributed by atoms with Gasteiger partial charge < -0.3 is 0 Å². The topological polar surface area (TPSA) is 43.1 Å². The van der Waals surface area contributed by atoms with E-state index in [0.29, 0.717) is 5.56 Å². The van der Waals surface area contributed by atoms with Crippen LogP contribution in [-0.2, 0) is 0 Å². The minimum Gasteiger partial charge on any atom is -0.258 e. The standard InChI is InChI=1S/C15H13NO2S/c1-19-14-9-7-12(8-10-14)11-15(16(17)18)13-5-3-2-4-6-13/h2-11H,1H3. The smallest absolute Gasteiger partial charge is 0.258 e. The van der Waals surface area contributed by atoms with Gasteiger partial charge in [-0.05, 0) is 36.1 Å². The molecule has 0 unspecified atom stereocenters. The van der Waals surface area contributed by atoms with Crippen LogP contribution in [0.2, 0.25) is 0 Å². The first kappa shape index (κ1) is 13.4. The Labute approximate surface area is 116 Å². The van der Waals surface area contributed by atoms with Crippen LogP contribution in [0.25, 0.3) is 11.8 Å². The van der Waals surface area contributed by atoms with Gasteiger partial charge >= 0.3 is 0 Å². The van der Waals surface area contributed by atoms with Gasteiger partial charge in [-0.25, -0.2) is 0 Å². The molecule has 0 saturated heterocycles. The molecule has 0 N–H and O–H groups in total. The maximum atomic E-state index is 11.2. The van der Waals surface area contributed by atoms with Crippen LogP contribution in [0.4, 0.5) is 0 Å². The molecule has 4 heteroatoms. The fourth-order valence-corrected chi connectivity index (χ4v) is 2.12. The van der Waals surface area contributed by atoms with Crippen molar-refractivity contribution < 1.29 is 4.92 Å². The molecule has 2 aromatic carbocycles. The van der Waals surface area contributed by atoms with Gasteiger partial charge in [-0.1, -0.05) is 30.3 Å². The van der Waals surface area contributed by atoms with Crippen LogP contribution in [0.15, 0.2) is 59.5 Å². The van der Waals surface area contributed by atoms with Crippen LogP contribution in [0.1, 0.15) is 11.1 Å². The molecule has 0 spiro atoms. The van der Waals surface area contributed by atoms with Gasteiger partial charge in [0.25, 0.3) is 5.70 Å². The van der Waals surface area contributed by atoms with Gasteiger partial charge in [0.05, 0.1) is 10.5 Å². The molecule has 0 aromatic heterocycles. The molecular formula is C15H13NO2S. The number of hydrogen-bond acceptors (Lipinski definition) is 3. The predicted octanol–water partition coefficient (Wildman–Crippen LogP) is 4.18. The van der Waals surface area contributed by atoms with E-state index in [1.807, 2.05) is 36.6 Å². The lowest BCUT2D eigenvalue weighted by molar-refractivity contribution is -0.374. The van der Waals surface area contributed by atoms with E-state index >= 15 is 0 Å². The fourth-order valence-electron chi connectivity index (χ4n) is 1.71. The van der Waals surface area contributed by atoms with Crippen LogP contribution < -0.4 is 0 Å². The first-order chi connectivity index (χ1) is 9.20. The highest BCUT2D eigenvalue weighted by Crippen LogP contribution is 2.21. The third-order valence-corrected chi connectivity index (χ3v) is 3.43. The van der Waals surface area contributed by atoms with Crippen LogP contribution in [0, 0.1) is 10.1 Å². The summed E-state index contributed by atoms with van der Waals surface area (Å²) in [4.78, 5) is 11.9. The molecule has 0 aliphatic rings. The van der Waals surface area contributed by atoms with Crippen molar-refractivity contribution in [3.8, 4) is 0 Å². The highest BCUT2D eigenvalue weighted by molar-refractivity contribution is 7.98. The number of nitro groups is 1. The average Bonchev–Trinajstić information content (AvgIpc) is 2.46. The zero-order chi connectivity index (χ0) is 13.7. The second-order valence-electron chi connectivity index (χ2n) is 3.93. The number of benzene rings is 2. The van der Waals surface area contributed by atoms with E-state index in [9.17, 15) is 10.1 Å². The summed E-state index contributed by atoms with van der Waals surface area (Å²) in [6, 6.07) is 16.6. The Hall–Kier alpha value is -2.07. The number of rotatable bonds is 4. The van der Waals surface area contributed by atoms with Crippen LogP contribution >= 0.6 is 11.8 Å². The maximum absolute atomic E-state index is 11.2. The molecule has 2 aromatic rings. The van der Waals surface area contributed by atoms with Crippen LogP contribution in [0.5, 0.6) is 0 Å². The van der Waals surface area contributed by atoms with Crippen molar-refractivity contribution in [2.24, 2.45) is 0 Å². The molecule has 0 fully saturated rings.